The van der Waals surface area contributed by atoms with E-state index >= 15 is 0 Å². The van der Waals surface area contributed by atoms with Gasteiger partial charge in [-0.2, -0.15) is 0 Å². The fourth-order valence-corrected chi connectivity index (χ4v) is 10.6. The number of unbranched alkanes of at least 4 members (excludes halogenated alkanes) is 29. The molecule has 62 heavy (non-hydrogen) atoms. The van der Waals surface area contributed by atoms with E-state index in [9.17, 15) is 5.11 Å². The first kappa shape index (κ1) is 57.9. The Hall–Kier alpha value is -0.240. The Morgan fingerprint density at radius 1 is 0.371 bits per heavy atom. The van der Waals surface area contributed by atoms with Gasteiger partial charge < -0.3 is 19.5 Å². The maximum atomic E-state index is 9.42. The number of nitrogens with one attached hydrogen (secondary N) is 2. The third kappa shape index (κ3) is 30.1. The molecule has 2 aliphatic rings. The van der Waals surface area contributed by atoms with Crippen molar-refractivity contribution in [1.29, 1.82) is 0 Å². The molecule has 0 aromatic rings. The molecule has 0 aromatic heterocycles. The van der Waals surface area contributed by atoms with E-state index in [1.165, 1.54) is 270 Å². The minimum Gasteiger partial charge on any atom is -0.396 e. The average molecular weight is 877 g/mol. The molecular formula is C56H113N3O3. The van der Waals surface area contributed by atoms with Gasteiger partial charge in [0.1, 0.15) is 11.4 Å². The summed E-state index contributed by atoms with van der Waals surface area (Å²) in [5.41, 5.74) is -0.0798. The molecule has 370 valence electrons. The summed E-state index contributed by atoms with van der Waals surface area (Å²) >= 11 is 0. The average Bonchev–Trinajstić information content (AvgIpc) is 3.89. The second-order valence-corrected chi connectivity index (χ2v) is 20.7. The van der Waals surface area contributed by atoms with Crippen LogP contribution in [0.3, 0.4) is 0 Å². The van der Waals surface area contributed by atoms with E-state index in [1.807, 2.05) is 0 Å². The molecule has 6 heteroatoms. The summed E-state index contributed by atoms with van der Waals surface area (Å²) in [6.07, 6.45) is 55.6. The minimum atomic E-state index is -0.0399. The Morgan fingerprint density at radius 2 is 0.645 bits per heavy atom. The molecule has 0 radical (unpaired) electrons. The number of nitrogens with zero attached hydrogens (tertiary/aromatic N) is 1. The van der Waals surface area contributed by atoms with Gasteiger partial charge in [-0.25, -0.2) is 0 Å². The molecule has 0 aromatic carbocycles. The number of rotatable bonds is 48. The van der Waals surface area contributed by atoms with Crippen LogP contribution in [0, 0.1) is 0 Å². The molecule has 2 fully saturated rings. The third-order valence-corrected chi connectivity index (χ3v) is 14.7. The second kappa shape index (κ2) is 41.0. The maximum Gasteiger partial charge on any atom is 0.119 e. The number of ether oxygens (including phenoxy) is 2. The lowest BCUT2D eigenvalue weighted by molar-refractivity contribution is -0.0278. The number of aliphatic hydroxyl groups excluding tert-OH is 1. The van der Waals surface area contributed by atoms with Crippen molar-refractivity contribution in [2.45, 2.75) is 321 Å². The molecule has 3 N–H and O–H groups in total. The van der Waals surface area contributed by atoms with Crippen molar-refractivity contribution in [3.05, 3.63) is 0 Å². The molecule has 2 rings (SSSR count). The zero-order valence-corrected chi connectivity index (χ0v) is 42.8. The standard InChI is InChI=1S/C56H113N3O3/c1-5-9-13-17-21-27-35-45-55(43-33-15-11-7-3)57-53(51-61-55)41-31-25-19-23-29-37-47-59(49-39-40-50-60)48-38-30-24-20-26-32-42-54-52-62-56(58-54,44-34-16-12-8-4)46-36-28-22-18-14-10-6-2/h53-54,57-58,60H,5-52H2,1-4H3. The Labute approximate surface area is 389 Å². The van der Waals surface area contributed by atoms with Crippen molar-refractivity contribution >= 4 is 0 Å². The van der Waals surface area contributed by atoms with Gasteiger partial charge in [-0.1, -0.05) is 207 Å². The van der Waals surface area contributed by atoms with Crippen LogP contribution in [-0.2, 0) is 9.47 Å². The highest BCUT2D eigenvalue weighted by Crippen LogP contribution is 2.32. The molecule has 4 atom stereocenters. The van der Waals surface area contributed by atoms with Gasteiger partial charge in [-0.15, -0.1) is 0 Å². The Morgan fingerprint density at radius 3 is 0.984 bits per heavy atom. The first-order chi connectivity index (χ1) is 30.5. The summed E-state index contributed by atoms with van der Waals surface area (Å²) in [4.78, 5) is 2.72. The van der Waals surface area contributed by atoms with Crippen molar-refractivity contribution in [2.75, 3.05) is 39.5 Å². The van der Waals surface area contributed by atoms with Crippen LogP contribution in [0.25, 0.3) is 0 Å². The van der Waals surface area contributed by atoms with E-state index < -0.39 is 0 Å². The van der Waals surface area contributed by atoms with Gasteiger partial charge in [-0.3, -0.25) is 10.6 Å². The van der Waals surface area contributed by atoms with Crippen molar-refractivity contribution in [2.24, 2.45) is 0 Å². The second-order valence-electron chi connectivity index (χ2n) is 20.7. The van der Waals surface area contributed by atoms with Gasteiger partial charge in [0.2, 0.25) is 0 Å². The highest BCUT2D eigenvalue weighted by atomic mass is 16.5. The van der Waals surface area contributed by atoms with E-state index in [4.69, 9.17) is 9.47 Å². The van der Waals surface area contributed by atoms with Gasteiger partial charge in [0.25, 0.3) is 0 Å². The van der Waals surface area contributed by atoms with Gasteiger partial charge in [0.05, 0.1) is 13.2 Å². The Balaban J connectivity index is 1.56. The van der Waals surface area contributed by atoms with Gasteiger partial charge in [-0.05, 0) is 110 Å². The monoisotopic (exact) mass is 876 g/mol. The molecule has 2 saturated heterocycles. The third-order valence-electron chi connectivity index (χ3n) is 14.7. The van der Waals surface area contributed by atoms with E-state index in [1.54, 1.807) is 0 Å². The number of hydrogen-bond acceptors (Lipinski definition) is 6. The first-order valence-corrected chi connectivity index (χ1v) is 28.7. The van der Waals surface area contributed by atoms with Crippen LogP contribution >= 0.6 is 0 Å². The number of aliphatic hydroxyl groups is 1. The van der Waals surface area contributed by atoms with Crippen molar-refractivity contribution in [3.63, 3.8) is 0 Å². The summed E-state index contributed by atoms with van der Waals surface area (Å²) < 4.78 is 13.3. The largest absolute Gasteiger partial charge is 0.396 e. The van der Waals surface area contributed by atoms with Crippen molar-refractivity contribution in [3.8, 4) is 0 Å². The lowest BCUT2D eigenvalue weighted by atomic mass is 9.96. The smallest absolute Gasteiger partial charge is 0.119 e. The minimum absolute atomic E-state index is 0.0399. The van der Waals surface area contributed by atoms with Crippen LogP contribution < -0.4 is 10.6 Å². The van der Waals surface area contributed by atoms with Gasteiger partial charge in [0.15, 0.2) is 0 Å². The lowest BCUT2D eigenvalue weighted by Crippen LogP contribution is -2.44. The van der Waals surface area contributed by atoms with Gasteiger partial charge >= 0.3 is 0 Å². The molecule has 0 bridgehead atoms. The lowest BCUT2D eigenvalue weighted by Gasteiger charge is -2.30. The predicted octanol–water partition coefficient (Wildman–Crippen LogP) is 16.1. The predicted molar refractivity (Wildman–Crippen MR) is 271 cm³/mol. The fourth-order valence-electron chi connectivity index (χ4n) is 10.6. The van der Waals surface area contributed by atoms with Crippen LogP contribution in [0.15, 0.2) is 0 Å². The Kier molecular flexibility index (Phi) is 38.3. The molecule has 0 amide bonds. The van der Waals surface area contributed by atoms with Crippen molar-refractivity contribution < 1.29 is 14.6 Å². The van der Waals surface area contributed by atoms with E-state index in [0.717, 1.165) is 32.6 Å². The van der Waals surface area contributed by atoms with Crippen LogP contribution in [-0.4, -0.2) is 73.0 Å². The topological polar surface area (TPSA) is 66.0 Å². The van der Waals surface area contributed by atoms with E-state index in [-0.39, 0.29) is 11.4 Å². The summed E-state index contributed by atoms with van der Waals surface area (Å²) in [6, 6.07) is 1.11. The SMILES string of the molecule is CCCCCCCCCC1(CCCCCC)NC(CCCCCCCCN(CCCCO)CCCCCCCCC2COC(CCCCCC)(CCCCCCCCC)N2)CO1. The van der Waals surface area contributed by atoms with Crippen LogP contribution in [0.1, 0.15) is 297 Å². The zero-order valence-electron chi connectivity index (χ0n) is 42.8. The summed E-state index contributed by atoms with van der Waals surface area (Å²) in [5.74, 6) is 0. The maximum absolute atomic E-state index is 9.42. The van der Waals surface area contributed by atoms with E-state index in [0.29, 0.717) is 18.7 Å². The summed E-state index contributed by atoms with van der Waals surface area (Å²) in [6.45, 7) is 15.1. The van der Waals surface area contributed by atoms with E-state index in [2.05, 4.69) is 43.2 Å². The zero-order chi connectivity index (χ0) is 44.5. The fraction of sp³-hybridized carbons (Fsp3) is 1.00. The molecular weight excluding hydrogens is 763 g/mol. The molecule has 0 saturated carbocycles. The highest BCUT2D eigenvalue weighted by molar-refractivity contribution is 4.90. The molecule has 2 heterocycles. The summed E-state index contributed by atoms with van der Waals surface area (Å²) in [7, 11) is 0. The van der Waals surface area contributed by atoms with Gasteiger partial charge in [0, 0.05) is 18.7 Å². The molecule has 6 nitrogen and oxygen atoms in total. The van der Waals surface area contributed by atoms with Crippen LogP contribution in [0.4, 0.5) is 0 Å². The van der Waals surface area contributed by atoms with Crippen molar-refractivity contribution in [1.82, 2.24) is 15.5 Å². The first-order valence-electron chi connectivity index (χ1n) is 28.7. The number of hydrogen-bond donors (Lipinski definition) is 3. The molecule has 0 spiro atoms. The quantitative estimate of drug-likeness (QED) is 0.0529. The Bertz CT molecular complexity index is 870. The normalized spacial score (nSPS) is 21.6. The van der Waals surface area contributed by atoms with Crippen LogP contribution in [0.2, 0.25) is 0 Å². The highest BCUT2D eigenvalue weighted by Gasteiger charge is 2.39. The molecule has 0 aliphatic carbocycles. The molecule has 2 aliphatic heterocycles. The summed E-state index contributed by atoms with van der Waals surface area (Å²) in [5, 5.41) is 17.5. The molecule has 4 unspecified atom stereocenters. The van der Waals surface area contributed by atoms with Crippen LogP contribution in [0.5, 0.6) is 0 Å².